The molecule has 0 saturated heterocycles. The predicted molar refractivity (Wildman–Crippen MR) is 119 cm³/mol. The van der Waals surface area contributed by atoms with E-state index in [4.69, 9.17) is 17.3 Å². The first-order valence-electron chi connectivity index (χ1n) is 10.2. The topological polar surface area (TPSA) is 114 Å². The summed E-state index contributed by atoms with van der Waals surface area (Å²) in [4.78, 5) is 25.0. The van der Waals surface area contributed by atoms with E-state index in [2.05, 4.69) is 20.3 Å². The van der Waals surface area contributed by atoms with Gasteiger partial charge in [0.05, 0.1) is 46.0 Å². The quantitative estimate of drug-likeness (QED) is 0.495. The van der Waals surface area contributed by atoms with Crippen LogP contribution in [0.25, 0.3) is 0 Å². The van der Waals surface area contributed by atoms with E-state index in [0.29, 0.717) is 40.9 Å². The molecule has 1 atom stereocenters. The summed E-state index contributed by atoms with van der Waals surface area (Å²) in [6, 6.07) is 11.5. The number of nitrogens with one attached hydrogen (secondary N) is 1. The molecular weight excluding hydrogens is 414 g/mol. The number of benzene rings is 1. The van der Waals surface area contributed by atoms with E-state index in [-0.39, 0.29) is 5.91 Å². The van der Waals surface area contributed by atoms with Crippen molar-refractivity contribution in [1.29, 1.82) is 0 Å². The van der Waals surface area contributed by atoms with Crippen molar-refractivity contribution in [1.82, 2.24) is 15.0 Å². The first-order chi connectivity index (χ1) is 14.9. The lowest BCUT2D eigenvalue weighted by molar-refractivity contribution is -0.120. The number of aryl methyl sites for hydroxylation is 2. The molecule has 4 N–H and O–H groups in total. The Morgan fingerprint density at radius 3 is 2.61 bits per heavy atom. The minimum atomic E-state index is -0.625. The molecule has 7 nitrogen and oxygen atoms in total. The van der Waals surface area contributed by atoms with Gasteiger partial charge in [-0.3, -0.25) is 9.78 Å². The zero-order valence-corrected chi connectivity index (χ0v) is 17.9. The largest absolute Gasteiger partial charge is 0.387 e. The third kappa shape index (κ3) is 4.52. The summed E-state index contributed by atoms with van der Waals surface area (Å²) in [6.07, 6.45) is 5.44. The second-order valence-electron chi connectivity index (χ2n) is 7.86. The van der Waals surface area contributed by atoms with Crippen LogP contribution < -0.4 is 11.1 Å². The maximum atomic E-state index is 12.0. The Balaban J connectivity index is 1.50. The standard InChI is InChI=1S/C23H24ClN5O2/c1-14(30)19-9-7-16(12-26-19)28-22-27-13-18(24)20(29-22)8-6-15-4-2-3-5-17(15)23(10-11-23)21(25)31/h2-5,7,9,12-14,30H,6,8,10-11H2,1H3,(H2,25,31)(H,27,28,29). The first-order valence-corrected chi connectivity index (χ1v) is 10.6. The number of halogens is 1. The van der Waals surface area contributed by atoms with Crippen LogP contribution in [0, 0.1) is 0 Å². The van der Waals surface area contributed by atoms with Crippen molar-refractivity contribution < 1.29 is 9.90 Å². The highest BCUT2D eigenvalue weighted by atomic mass is 35.5. The fourth-order valence-electron chi connectivity index (χ4n) is 3.73. The summed E-state index contributed by atoms with van der Waals surface area (Å²) in [5.41, 5.74) is 9.26. The van der Waals surface area contributed by atoms with Gasteiger partial charge in [-0.05, 0) is 55.9 Å². The van der Waals surface area contributed by atoms with Gasteiger partial charge in [-0.15, -0.1) is 0 Å². The van der Waals surface area contributed by atoms with Crippen molar-refractivity contribution in [2.75, 3.05) is 5.32 Å². The second kappa shape index (κ2) is 8.61. The fraction of sp³-hybridized carbons (Fsp3) is 0.304. The molecule has 1 saturated carbocycles. The lowest BCUT2D eigenvalue weighted by atomic mass is 9.88. The summed E-state index contributed by atoms with van der Waals surface area (Å²) in [7, 11) is 0. The molecule has 1 aliphatic carbocycles. The summed E-state index contributed by atoms with van der Waals surface area (Å²) in [5.74, 6) is 0.150. The average molecular weight is 438 g/mol. The minimum absolute atomic E-state index is 0.262. The van der Waals surface area contributed by atoms with E-state index in [0.717, 1.165) is 24.0 Å². The Morgan fingerprint density at radius 1 is 1.19 bits per heavy atom. The lowest BCUT2D eigenvalue weighted by Crippen LogP contribution is -2.29. The molecule has 31 heavy (non-hydrogen) atoms. The van der Waals surface area contributed by atoms with Crippen LogP contribution in [0.4, 0.5) is 11.6 Å². The number of rotatable bonds is 8. The number of carbonyl (C=O) groups excluding carboxylic acids is 1. The van der Waals surface area contributed by atoms with Crippen LogP contribution in [0.5, 0.6) is 0 Å². The maximum absolute atomic E-state index is 12.0. The Labute approximate surface area is 185 Å². The molecule has 0 bridgehead atoms. The van der Waals surface area contributed by atoms with Crippen LogP contribution in [0.2, 0.25) is 5.02 Å². The molecule has 1 aromatic carbocycles. The Morgan fingerprint density at radius 2 is 1.97 bits per heavy atom. The number of nitrogens with zero attached hydrogens (tertiary/aromatic N) is 3. The van der Waals surface area contributed by atoms with Crippen LogP contribution in [0.3, 0.4) is 0 Å². The van der Waals surface area contributed by atoms with E-state index in [1.807, 2.05) is 30.3 Å². The maximum Gasteiger partial charge on any atom is 0.228 e. The van der Waals surface area contributed by atoms with Crippen molar-refractivity contribution in [3.05, 3.63) is 76.3 Å². The Hall–Kier alpha value is -3.03. The molecule has 0 radical (unpaired) electrons. The van der Waals surface area contributed by atoms with Crippen LogP contribution in [-0.2, 0) is 23.1 Å². The zero-order valence-electron chi connectivity index (χ0n) is 17.2. The highest BCUT2D eigenvalue weighted by Crippen LogP contribution is 2.49. The molecule has 160 valence electrons. The summed E-state index contributed by atoms with van der Waals surface area (Å²) in [5, 5.41) is 13.2. The van der Waals surface area contributed by atoms with E-state index >= 15 is 0 Å². The zero-order chi connectivity index (χ0) is 22.0. The van der Waals surface area contributed by atoms with Crippen LogP contribution in [-0.4, -0.2) is 26.0 Å². The number of amides is 1. The number of pyridine rings is 1. The SMILES string of the molecule is CC(O)c1ccc(Nc2ncc(Cl)c(CCc3ccccc3C3(C(N)=O)CC3)n2)cn1. The van der Waals surface area contributed by atoms with E-state index in [9.17, 15) is 9.90 Å². The van der Waals surface area contributed by atoms with Gasteiger partial charge in [-0.25, -0.2) is 9.97 Å². The summed E-state index contributed by atoms with van der Waals surface area (Å²) in [6.45, 7) is 1.66. The molecule has 2 heterocycles. The number of aliphatic hydroxyl groups excluding tert-OH is 1. The monoisotopic (exact) mass is 437 g/mol. The molecular formula is C23H24ClN5O2. The van der Waals surface area contributed by atoms with Gasteiger partial charge >= 0.3 is 0 Å². The molecule has 2 aromatic heterocycles. The number of hydrogen-bond donors (Lipinski definition) is 3. The van der Waals surface area contributed by atoms with E-state index < -0.39 is 11.5 Å². The molecule has 8 heteroatoms. The minimum Gasteiger partial charge on any atom is -0.387 e. The average Bonchev–Trinajstić information content (AvgIpc) is 3.57. The van der Waals surface area contributed by atoms with Gasteiger partial charge in [0.15, 0.2) is 0 Å². The van der Waals surface area contributed by atoms with Gasteiger partial charge in [0.25, 0.3) is 0 Å². The van der Waals surface area contributed by atoms with Gasteiger partial charge in [0.2, 0.25) is 11.9 Å². The van der Waals surface area contributed by atoms with E-state index in [1.54, 1.807) is 25.4 Å². The number of aromatic nitrogens is 3. The van der Waals surface area contributed by atoms with Crippen molar-refractivity contribution in [2.45, 2.75) is 44.1 Å². The first kappa shape index (κ1) is 21.2. The Bertz CT molecular complexity index is 1100. The van der Waals surface area contributed by atoms with Crippen molar-refractivity contribution in [3.8, 4) is 0 Å². The number of carbonyl (C=O) groups is 1. The third-order valence-corrected chi connectivity index (χ3v) is 5.99. The number of nitrogens with two attached hydrogens (primary N) is 1. The van der Waals surface area contributed by atoms with Gasteiger partial charge in [0, 0.05) is 0 Å². The third-order valence-electron chi connectivity index (χ3n) is 5.67. The summed E-state index contributed by atoms with van der Waals surface area (Å²) >= 11 is 6.35. The molecule has 4 rings (SSSR count). The summed E-state index contributed by atoms with van der Waals surface area (Å²) < 4.78 is 0. The van der Waals surface area contributed by atoms with Gasteiger partial charge < -0.3 is 16.2 Å². The highest BCUT2D eigenvalue weighted by Gasteiger charge is 2.50. The molecule has 1 unspecified atom stereocenters. The number of anilines is 2. The molecule has 1 aliphatic rings. The number of primary amides is 1. The van der Waals surface area contributed by atoms with Crippen molar-refractivity contribution in [3.63, 3.8) is 0 Å². The number of hydrogen-bond acceptors (Lipinski definition) is 6. The molecule has 0 aliphatic heterocycles. The molecule has 0 spiro atoms. The van der Waals surface area contributed by atoms with Crippen LogP contribution in [0.1, 0.15) is 48.4 Å². The normalized spacial score (nSPS) is 15.3. The molecule has 3 aromatic rings. The van der Waals surface area contributed by atoms with Crippen molar-refractivity contribution >= 4 is 29.1 Å². The molecule has 1 fully saturated rings. The van der Waals surface area contributed by atoms with Gasteiger partial charge in [-0.1, -0.05) is 35.9 Å². The van der Waals surface area contributed by atoms with E-state index in [1.165, 1.54) is 0 Å². The lowest BCUT2D eigenvalue weighted by Gasteiger charge is -2.16. The molecule has 1 amide bonds. The van der Waals surface area contributed by atoms with Crippen LogP contribution >= 0.6 is 11.6 Å². The predicted octanol–water partition coefficient (Wildman–Crippen LogP) is 3.62. The fourth-order valence-corrected chi connectivity index (χ4v) is 3.91. The van der Waals surface area contributed by atoms with Crippen molar-refractivity contribution in [2.24, 2.45) is 5.73 Å². The van der Waals surface area contributed by atoms with Gasteiger partial charge in [0.1, 0.15) is 0 Å². The highest BCUT2D eigenvalue weighted by molar-refractivity contribution is 6.31. The van der Waals surface area contributed by atoms with Gasteiger partial charge in [-0.2, -0.15) is 0 Å². The smallest absolute Gasteiger partial charge is 0.228 e. The second-order valence-corrected chi connectivity index (χ2v) is 8.27. The van der Waals surface area contributed by atoms with Crippen LogP contribution in [0.15, 0.2) is 48.8 Å². The number of aliphatic hydroxyl groups is 1. The Kier molecular flexibility index (Phi) is 5.89.